The summed E-state index contributed by atoms with van der Waals surface area (Å²) in [4.78, 5) is 2.46. The van der Waals surface area contributed by atoms with E-state index in [2.05, 4.69) is 11.5 Å². The third kappa shape index (κ3) is 1.19. The van der Waals surface area contributed by atoms with E-state index in [4.69, 9.17) is 0 Å². The van der Waals surface area contributed by atoms with Gasteiger partial charge in [-0.1, -0.05) is 6.08 Å². The minimum atomic E-state index is -0.103. The van der Waals surface area contributed by atoms with Crippen molar-refractivity contribution in [3.63, 3.8) is 0 Å². The lowest BCUT2D eigenvalue weighted by Gasteiger charge is -2.23. The summed E-state index contributed by atoms with van der Waals surface area (Å²) in [6.07, 6.45) is 6.34. The molecule has 2 nitrogen and oxygen atoms in total. The molecule has 2 rings (SSSR count). The molecule has 0 aliphatic carbocycles. The van der Waals surface area contributed by atoms with Crippen molar-refractivity contribution in [2.45, 2.75) is 43.9 Å². The number of rotatable bonds is 2. The maximum Gasteiger partial charge on any atom is 0.0713 e. The average Bonchev–Trinajstić information content (AvgIpc) is 2.56. The van der Waals surface area contributed by atoms with Gasteiger partial charge in [-0.3, -0.25) is 4.90 Å². The standard InChI is InChI=1S/C10H17NO/c1-2-4-9-10(12)7-8-5-3-6-11(8)9/h2,8-10,12H,1,3-7H2. The SMILES string of the molecule is C=CCC1C(O)CC2CCCN21. The van der Waals surface area contributed by atoms with E-state index in [1.807, 2.05) is 6.08 Å². The highest BCUT2D eigenvalue weighted by Crippen LogP contribution is 2.34. The Morgan fingerprint density at radius 1 is 1.58 bits per heavy atom. The maximum absolute atomic E-state index is 9.74. The summed E-state index contributed by atoms with van der Waals surface area (Å²) in [7, 11) is 0. The van der Waals surface area contributed by atoms with Crippen LogP contribution >= 0.6 is 0 Å². The molecule has 12 heavy (non-hydrogen) atoms. The fourth-order valence-electron chi connectivity index (χ4n) is 2.67. The van der Waals surface area contributed by atoms with E-state index in [9.17, 15) is 5.11 Å². The highest BCUT2D eigenvalue weighted by Gasteiger charge is 2.41. The number of hydrogen-bond donors (Lipinski definition) is 1. The van der Waals surface area contributed by atoms with Gasteiger partial charge in [-0.15, -0.1) is 6.58 Å². The molecule has 0 spiro atoms. The van der Waals surface area contributed by atoms with Gasteiger partial charge in [0, 0.05) is 12.1 Å². The second-order valence-corrected chi connectivity index (χ2v) is 3.93. The molecule has 1 N–H and O–H groups in total. The van der Waals surface area contributed by atoms with Crippen molar-refractivity contribution in [2.24, 2.45) is 0 Å². The van der Waals surface area contributed by atoms with Crippen LogP contribution in [0.1, 0.15) is 25.7 Å². The van der Waals surface area contributed by atoms with Gasteiger partial charge in [0.05, 0.1) is 6.10 Å². The van der Waals surface area contributed by atoms with Crippen molar-refractivity contribution >= 4 is 0 Å². The Kier molecular flexibility index (Phi) is 2.20. The van der Waals surface area contributed by atoms with Crippen LogP contribution in [0.2, 0.25) is 0 Å². The smallest absolute Gasteiger partial charge is 0.0713 e. The Morgan fingerprint density at radius 2 is 2.42 bits per heavy atom. The Labute approximate surface area is 73.9 Å². The van der Waals surface area contributed by atoms with E-state index in [0.717, 1.165) is 12.8 Å². The lowest BCUT2D eigenvalue weighted by Crippen LogP contribution is -2.35. The van der Waals surface area contributed by atoms with Gasteiger partial charge < -0.3 is 5.11 Å². The zero-order chi connectivity index (χ0) is 8.55. The molecule has 2 saturated heterocycles. The van der Waals surface area contributed by atoms with Gasteiger partial charge in [-0.2, -0.15) is 0 Å². The van der Waals surface area contributed by atoms with Crippen LogP contribution in [0.5, 0.6) is 0 Å². The molecular formula is C10H17NO. The van der Waals surface area contributed by atoms with Gasteiger partial charge in [0.15, 0.2) is 0 Å². The monoisotopic (exact) mass is 167 g/mol. The van der Waals surface area contributed by atoms with Crippen LogP contribution in [0.15, 0.2) is 12.7 Å². The topological polar surface area (TPSA) is 23.5 Å². The van der Waals surface area contributed by atoms with Crippen LogP contribution in [0, 0.1) is 0 Å². The Bertz CT molecular complexity index is 181. The summed E-state index contributed by atoms with van der Waals surface area (Å²) in [6.45, 7) is 4.92. The van der Waals surface area contributed by atoms with Gasteiger partial charge in [-0.05, 0) is 32.2 Å². The predicted octanol–water partition coefficient (Wildman–Crippen LogP) is 1.16. The Hall–Kier alpha value is -0.340. The molecule has 2 aliphatic rings. The van der Waals surface area contributed by atoms with E-state index in [-0.39, 0.29) is 6.10 Å². The van der Waals surface area contributed by atoms with Crippen molar-refractivity contribution in [3.8, 4) is 0 Å². The van der Waals surface area contributed by atoms with Crippen LogP contribution in [0.4, 0.5) is 0 Å². The first-order valence-electron chi connectivity index (χ1n) is 4.87. The largest absolute Gasteiger partial charge is 0.391 e. The molecule has 0 bridgehead atoms. The first-order valence-corrected chi connectivity index (χ1v) is 4.87. The Balaban J connectivity index is 2.05. The first-order chi connectivity index (χ1) is 5.83. The molecule has 0 aromatic heterocycles. The lowest BCUT2D eigenvalue weighted by atomic mass is 10.1. The third-order valence-electron chi connectivity index (χ3n) is 3.21. The number of aliphatic hydroxyl groups is 1. The zero-order valence-electron chi connectivity index (χ0n) is 7.45. The molecule has 0 amide bonds. The predicted molar refractivity (Wildman–Crippen MR) is 49.0 cm³/mol. The van der Waals surface area contributed by atoms with Crippen LogP contribution < -0.4 is 0 Å². The molecule has 2 heteroatoms. The summed E-state index contributed by atoms with van der Waals surface area (Å²) in [5.41, 5.74) is 0. The molecule has 2 fully saturated rings. The molecule has 3 unspecified atom stereocenters. The number of fused-ring (bicyclic) bond motifs is 1. The zero-order valence-corrected chi connectivity index (χ0v) is 7.45. The molecule has 0 aromatic carbocycles. The van der Waals surface area contributed by atoms with Gasteiger partial charge in [-0.25, -0.2) is 0 Å². The molecule has 2 aliphatic heterocycles. The average molecular weight is 167 g/mol. The van der Waals surface area contributed by atoms with Crippen molar-refractivity contribution in [1.29, 1.82) is 0 Å². The van der Waals surface area contributed by atoms with Crippen molar-refractivity contribution in [1.82, 2.24) is 4.90 Å². The highest BCUT2D eigenvalue weighted by atomic mass is 16.3. The second-order valence-electron chi connectivity index (χ2n) is 3.93. The highest BCUT2D eigenvalue weighted by molar-refractivity contribution is 4.99. The quantitative estimate of drug-likeness (QED) is 0.624. The van der Waals surface area contributed by atoms with Crippen LogP contribution in [-0.2, 0) is 0 Å². The fraction of sp³-hybridized carbons (Fsp3) is 0.800. The lowest BCUT2D eigenvalue weighted by molar-refractivity contribution is 0.119. The van der Waals surface area contributed by atoms with Gasteiger partial charge >= 0.3 is 0 Å². The van der Waals surface area contributed by atoms with Gasteiger partial charge in [0.1, 0.15) is 0 Å². The summed E-state index contributed by atoms with van der Waals surface area (Å²) >= 11 is 0. The third-order valence-corrected chi connectivity index (χ3v) is 3.21. The van der Waals surface area contributed by atoms with E-state index in [1.165, 1.54) is 19.4 Å². The van der Waals surface area contributed by atoms with E-state index in [1.54, 1.807) is 0 Å². The van der Waals surface area contributed by atoms with E-state index >= 15 is 0 Å². The number of aliphatic hydroxyl groups excluding tert-OH is 1. The second kappa shape index (κ2) is 3.19. The van der Waals surface area contributed by atoms with Gasteiger partial charge in [0.2, 0.25) is 0 Å². The summed E-state index contributed by atoms with van der Waals surface area (Å²) in [6, 6.07) is 1.04. The van der Waals surface area contributed by atoms with Crippen LogP contribution in [0.3, 0.4) is 0 Å². The molecule has 68 valence electrons. The summed E-state index contributed by atoms with van der Waals surface area (Å²) < 4.78 is 0. The minimum absolute atomic E-state index is 0.103. The number of nitrogens with zero attached hydrogens (tertiary/aromatic N) is 1. The summed E-state index contributed by atoms with van der Waals surface area (Å²) in [5.74, 6) is 0. The maximum atomic E-state index is 9.74. The first kappa shape index (κ1) is 8.27. The molecular weight excluding hydrogens is 150 g/mol. The molecule has 0 radical (unpaired) electrons. The normalized spacial score (nSPS) is 41.6. The molecule has 3 atom stereocenters. The Morgan fingerprint density at radius 3 is 3.17 bits per heavy atom. The molecule has 0 aromatic rings. The van der Waals surface area contributed by atoms with E-state index < -0.39 is 0 Å². The van der Waals surface area contributed by atoms with Crippen molar-refractivity contribution < 1.29 is 5.11 Å². The molecule has 0 saturated carbocycles. The summed E-state index contributed by atoms with van der Waals surface area (Å²) in [5, 5.41) is 9.74. The molecule has 2 heterocycles. The minimum Gasteiger partial charge on any atom is -0.391 e. The van der Waals surface area contributed by atoms with Crippen molar-refractivity contribution in [2.75, 3.05) is 6.54 Å². The van der Waals surface area contributed by atoms with Crippen LogP contribution in [0.25, 0.3) is 0 Å². The van der Waals surface area contributed by atoms with E-state index in [0.29, 0.717) is 12.1 Å². The van der Waals surface area contributed by atoms with Crippen molar-refractivity contribution in [3.05, 3.63) is 12.7 Å². The number of hydrogen-bond acceptors (Lipinski definition) is 2. The van der Waals surface area contributed by atoms with Crippen LogP contribution in [-0.4, -0.2) is 34.7 Å². The van der Waals surface area contributed by atoms with Gasteiger partial charge in [0.25, 0.3) is 0 Å². The fourth-order valence-corrected chi connectivity index (χ4v) is 2.67.